The smallest absolute Gasteiger partial charge is 0.252 e. The van der Waals surface area contributed by atoms with E-state index < -0.39 is 193 Å². The van der Waals surface area contributed by atoms with Crippen LogP contribution in [0.2, 0.25) is 0 Å². The van der Waals surface area contributed by atoms with Gasteiger partial charge in [-0.3, -0.25) is 0 Å². The molecule has 0 bridgehead atoms. The quantitative estimate of drug-likeness (QED) is 0.134. The number of nitrogens with zero attached hydrogens (tertiary/aromatic N) is 4. The third-order valence-corrected chi connectivity index (χ3v) is 26.0. The van der Waals surface area contributed by atoms with E-state index in [9.17, 15) is 34.3 Å². The zero-order valence-corrected chi connectivity index (χ0v) is 80.9. The van der Waals surface area contributed by atoms with Crippen LogP contribution in [0.15, 0.2) is 272 Å². The van der Waals surface area contributed by atoms with Crippen molar-refractivity contribution in [2.45, 2.75) is 262 Å². The van der Waals surface area contributed by atoms with Crippen molar-refractivity contribution in [3.05, 3.63) is 328 Å². The van der Waals surface area contributed by atoms with Crippen LogP contribution in [-0.4, -0.2) is 15.8 Å². The second kappa shape index (κ2) is 30.5. The summed E-state index contributed by atoms with van der Waals surface area (Å²) < 4.78 is 260. The molecule has 0 atom stereocenters. The molecule has 14 aromatic carbocycles. The largest absolute Gasteiger partial charge is 0.310 e. The lowest BCUT2D eigenvalue weighted by Crippen LogP contribution is -2.61. The Kier molecular flexibility index (Phi) is 14.8. The molecule has 0 radical (unpaired) electrons. The van der Waals surface area contributed by atoms with Crippen molar-refractivity contribution in [2.75, 3.05) is 9.80 Å². The molecule has 16 aromatic rings. The number of anilines is 6. The van der Waals surface area contributed by atoms with Gasteiger partial charge in [-0.05, 0) is 244 Å². The summed E-state index contributed by atoms with van der Waals surface area (Å²) in [7, 11) is 0. The van der Waals surface area contributed by atoms with Crippen LogP contribution < -0.4 is 26.2 Å². The Hall–Kier alpha value is -11.7. The van der Waals surface area contributed by atoms with E-state index in [1.807, 2.05) is 104 Å². The second-order valence-electron chi connectivity index (χ2n) is 46.1. The molecule has 0 aliphatic carbocycles. The highest BCUT2D eigenvalue weighted by atomic mass is 15.2. The van der Waals surface area contributed by atoms with E-state index in [1.165, 1.54) is 9.13 Å². The molecular formula is C124H135BN4. The minimum absolute atomic E-state index is 0.00153. The van der Waals surface area contributed by atoms with Crippen LogP contribution in [0.25, 0.3) is 111 Å². The minimum atomic E-state index is -1.31. The standard InChI is InChI=1S/C124H135BN4/c1-115(2,3)80-53-51-76(52-54-80)95-70-86(121(19,20)21)73-99(97-69-81(116(4,5)6)55-58-101(97)124(28,29)30)113(95)128-108-74-88(126-104-47-37-32-42-91(104)92-43-33-38-48-105(92)126)56-59-102(108)125-103-60-57-89(127-106-49-39-34-44-93(106)94-45-35-40-50-107(94)127)75-109(103)129(111-66-78(65-110(128)112(111)125)77-61-82(117(7,8)9)67-83(62-77)118(10,11)12)114-96(79-63-84(119(13,14)15)68-85(64-79)120(16,17)18)71-87(122(22,23)24)72-98(114)90-41-31-36-46-100(90)123(25,26)27/h31-75H,1-30H3/i32D,33D,34D,35D,37D,38D,39D,40D,42D,43D,44D,45D,47D,48D,49D,50D,51D,52D,53D,54D,55D,58D,69D,70D,73D. The molecule has 654 valence electrons. The van der Waals surface area contributed by atoms with Crippen LogP contribution in [0, 0.1) is 0 Å². The second-order valence-corrected chi connectivity index (χ2v) is 46.1. The van der Waals surface area contributed by atoms with Crippen LogP contribution in [-0.2, 0) is 54.1 Å². The summed E-state index contributed by atoms with van der Waals surface area (Å²) >= 11 is 0. The molecule has 4 heterocycles. The Morgan fingerprint density at radius 1 is 0.233 bits per heavy atom. The molecule has 0 fully saturated rings. The molecule has 2 aliphatic rings. The molecule has 0 saturated carbocycles. The average molecular weight is 1720 g/mol. The summed E-state index contributed by atoms with van der Waals surface area (Å²) in [4.78, 5) is 4.12. The van der Waals surface area contributed by atoms with E-state index in [2.05, 4.69) is 196 Å². The maximum atomic E-state index is 12.0. The van der Waals surface area contributed by atoms with Crippen molar-refractivity contribution < 1.29 is 34.3 Å². The van der Waals surface area contributed by atoms with Crippen molar-refractivity contribution >= 4 is 101 Å². The molecule has 4 nitrogen and oxygen atoms in total. The Balaban J connectivity index is 1.22. The summed E-state index contributed by atoms with van der Waals surface area (Å²) in [5.41, 5.74) is 3.03. The third kappa shape index (κ3) is 15.6. The van der Waals surface area contributed by atoms with Gasteiger partial charge in [-0.2, -0.15) is 0 Å². The van der Waals surface area contributed by atoms with E-state index in [4.69, 9.17) is 0 Å². The Labute approximate surface area is 807 Å². The number of rotatable bonds is 9. The predicted octanol–water partition coefficient (Wildman–Crippen LogP) is 33.3. The highest BCUT2D eigenvalue weighted by molar-refractivity contribution is 7.00. The fraction of sp³-hybridized carbons (Fsp3) is 0.323. The predicted molar refractivity (Wildman–Crippen MR) is 563 cm³/mol. The Bertz CT molecular complexity index is 8560. The summed E-state index contributed by atoms with van der Waals surface area (Å²) in [6.07, 6.45) is 0. The van der Waals surface area contributed by atoms with E-state index in [1.54, 1.807) is 39.0 Å². The van der Waals surface area contributed by atoms with Gasteiger partial charge < -0.3 is 18.9 Å². The van der Waals surface area contributed by atoms with Gasteiger partial charge in [0.05, 0.1) is 67.7 Å². The molecule has 18 rings (SSSR count). The molecule has 5 heteroatoms. The van der Waals surface area contributed by atoms with E-state index >= 15 is 0 Å². The van der Waals surface area contributed by atoms with Gasteiger partial charge in [-0.25, -0.2) is 0 Å². The first-order chi connectivity index (χ1) is 70.7. The summed E-state index contributed by atoms with van der Waals surface area (Å²) in [6.45, 7) is 59.8. The van der Waals surface area contributed by atoms with E-state index in [0.717, 1.165) is 44.5 Å². The maximum absolute atomic E-state index is 12.0. The first-order valence-corrected chi connectivity index (χ1v) is 45.4. The maximum Gasteiger partial charge on any atom is 0.252 e. The fourth-order valence-electron chi connectivity index (χ4n) is 18.5. The number of aromatic nitrogens is 2. The van der Waals surface area contributed by atoms with Gasteiger partial charge in [0, 0.05) is 77.9 Å². The molecule has 129 heavy (non-hydrogen) atoms. The first kappa shape index (κ1) is 62.6. The average Bonchev–Trinajstić information content (AvgIpc) is 0.733. The Morgan fingerprint density at radius 3 is 0.992 bits per heavy atom. The van der Waals surface area contributed by atoms with Gasteiger partial charge in [0.2, 0.25) is 0 Å². The zero-order valence-electron chi connectivity index (χ0n) is 106. The van der Waals surface area contributed by atoms with E-state index in [0.29, 0.717) is 55.7 Å². The molecule has 0 saturated heterocycles. The van der Waals surface area contributed by atoms with Crippen molar-refractivity contribution in [1.82, 2.24) is 9.13 Å². The van der Waals surface area contributed by atoms with Crippen LogP contribution in [0.5, 0.6) is 0 Å². The van der Waals surface area contributed by atoms with Crippen LogP contribution in [0.4, 0.5) is 34.1 Å². The Morgan fingerprint density at radius 2 is 0.581 bits per heavy atom. The topological polar surface area (TPSA) is 16.3 Å². The molecular weight excluding hydrogens is 1560 g/mol. The number of hydrogen-bond donors (Lipinski definition) is 0. The normalized spacial score (nSPS) is 16.5. The summed E-state index contributed by atoms with van der Waals surface area (Å²) in [5.74, 6) is 0. The van der Waals surface area contributed by atoms with Crippen molar-refractivity contribution in [3.8, 4) is 67.0 Å². The monoisotopic (exact) mass is 1720 g/mol. The lowest BCUT2D eigenvalue weighted by Gasteiger charge is -2.46. The highest BCUT2D eigenvalue weighted by Crippen LogP contribution is 2.59. The van der Waals surface area contributed by atoms with Crippen molar-refractivity contribution in [1.29, 1.82) is 0 Å². The van der Waals surface area contributed by atoms with E-state index in [-0.39, 0.29) is 135 Å². The SMILES string of the molecule is [2H]c1c([2H])c(C(C)(C)C)c([2H])c([2H])c1-c1c([2H])c(C(C)(C)C)c([2H])c(-c2c([2H])c(C(C)(C)C)c([2H])c([2H])c2C(C)(C)C)c1N1c2cc(-n3c4c([2H])c([2H])c([2H])c([2H])c4c4c([2H])c([2H])c([2H])c([2H])c43)ccc2B2c3ccc(-n4c5c([2H])c([2H])c([2H])c([2H])c5c5c([2H])c([2H])c([2H])c([2H])c54)cc3N(c3c(-c4cc(C(C)(C)C)cc(C(C)(C)C)c4)cc(C(C)(C)C)cc3-c3ccccc3C(C)(C)C)c3cc(-c4cc(C(C)(C)C)cc(C(C)(C)C)c4)cc1c32. The molecule has 0 unspecified atom stereocenters. The van der Waals surface area contributed by atoms with Crippen LogP contribution in [0.1, 0.15) is 298 Å². The zero-order chi connectivity index (χ0) is 114. The molecule has 0 spiro atoms. The summed E-state index contributed by atoms with van der Waals surface area (Å²) in [6, 6.07) is 27.3. The van der Waals surface area contributed by atoms with Crippen LogP contribution in [0.3, 0.4) is 0 Å². The minimum Gasteiger partial charge on any atom is -0.310 e. The third-order valence-electron chi connectivity index (χ3n) is 26.0. The fourth-order valence-corrected chi connectivity index (χ4v) is 18.5. The number of fused-ring (bicyclic) bond motifs is 10. The molecule has 2 aliphatic heterocycles. The lowest BCUT2D eigenvalue weighted by molar-refractivity contribution is 0.568. The van der Waals surface area contributed by atoms with Crippen molar-refractivity contribution in [3.63, 3.8) is 0 Å². The van der Waals surface area contributed by atoms with Gasteiger partial charge in [-0.15, -0.1) is 0 Å². The van der Waals surface area contributed by atoms with Gasteiger partial charge in [-0.1, -0.05) is 395 Å². The highest BCUT2D eigenvalue weighted by Gasteiger charge is 2.48. The molecule has 0 amide bonds. The number of benzene rings is 14. The number of para-hydroxylation sites is 4. The first-order valence-electron chi connectivity index (χ1n) is 57.9. The number of hydrogen-bond acceptors (Lipinski definition) is 2. The molecule has 0 N–H and O–H groups in total. The molecule has 2 aromatic heterocycles. The van der Waals surface area contributed by atoms with Gasteiger partial charge in [0.25, 0.3) is 6.71 Å². The van der Waals surface area contributed by atoms with Gasteiger partial charge >= 0.3 is 0 Å². The van der Waals surface area contributed by atoms with Gasteiger partial charge in [0.1, 0.15) is 0 Å². The van der Waals surface area contributed by atoms with Crippen molar-refractivity contribution in [2.24, 2.45) is 0 Å². The lowest BCUT2D eigenvalue weighted by atomic mass is 9.33. The van der Waals surface area contributed by atoms with Crippen LogP contribution >= 0.6 is 0 Å². The summed E-state index contributed by atoms with van der Waals surface area (Å²) in [5, 5.41) is -0.853. The van der Waals surface area contributed by atoms with Gasteiger partial charge in [0.15, 0.2) is 0 Å².